The molecule has 0 fully saturated rings. The van der Waals surface area contributed by atoms with Crippen molar-refractivity contribution in [2.75, 3.05) is 0 Å². The van der Waals surface area contributed by atoms with Crippen LogP contribution in [0.15, 0.2) is 291 Å². The van der Waals surface area contributed by atoms with Crippen molar-refractivity contribution < 1.29 is 0 Å². The number of hydrogen-bond donors (Lipinski definition) is 0. The summed E-state index contributed by atoms with van der Waals surface area (Å²) in [5.74, 6) is 1.80. The van der Waals surface area contributed by atoms with Crippen molar-refractivity contribution in [3.63, 3.8) is 0 Å². The molecule has 0 spiro atoms. The molecule has 0 aliphatic rings. The zero-order valence-corrected chi connectivity index (χ0v) is 43.4. The maximum absolute atomic E-state index is 5.40. The van der Waals surface area contributed by atoms with Gasteiger partial charge in [0.1, 0.15) is 0 Å². The number of benzene rings is 11. The minimum absolute atomic E-state index is 0.899. The van der Waals surface area contributed by atoms with Crippen molar-refractivity contribution in [1.82, 2.24) is 27.9 Å². The predicted molar refractivity (Wildman–Crippen MR) is 320 cm³/mol. The maximum atomic E-state index is 5.40. The fourth-order valence-corrected chi connectivity index (χ4v) is 22.1. The van der Waals surface area contributed by atoms with E-state index in [-0.39, 0.29) is 0 Å². The molecule has 0 bridgehead atoms. The Morgan fingerprint density at radius 1 is 0.224 bits per heavy atom. The second-order valence-electron chi connectivity index (χ2n) is 19.8. The van der Waals surface area contributed by atoms with Crippen molar-refractivity contribution in [3.05, 3.63) is 291 Å². The molecule has 15 rings (SSSR count). The van der Waals surface area contributed by atoms with Gasteiger partial charge in [-0.3, -0.25) is 17.9 Å². The van der Waals surface area contributed by atoms with Crippen LogP contribution >= 0.6 is 0 Å². The third-order valence-corrected chi connectivity index (χ3v) is 25.4. The Morgan fingerprint density at radius 3 is 1.01 bits per heavy atom. The molecule has 8 heteroatoms. The molecule has 15 aromatic rings. The van der Waals surface area contributed by atoms with Crippen molar-refractivity contribution >= 4 is 113 Å². The van der Waals surface area contributed by atoms with Crippen LogP contribution in [0.5, 0.6) is 0 Å². The van der Waals surface area contributed by atoms with E-state index in [2.05, 4.69) is 309 Å². The molecule has 0 saturated heterocycles. The lowest BCUT2D eigenvalue weighted by Crippen LogP contribution is -2.76. The van der Waals surface area contributed by atoms with Crippen LogP contribution in [0, 0.1) is 0 Å². The summed E-state index contributed by atoms with van der Waals surface area (Å²) in [5.41, 5.74) is 10.8. The number of imidazole rings is 4. The summed E-state index contributed by atoms with van der Waals surface area (Å²) >= 11 is 0. The Labute approximate surface area is 441 Å². The lowest BCUT2D eigenvalue weighted by molar-refractivity contribution is 1.11. The van der Waals surface area contributed by atoms with E-state index in [4.69, 9.17) is 9.97 Å². The summed E-state index contributed by atoms with van der Waals surface area (Å²) in [7, 11) is -6.18. The Morgan fingerprint density at radius 2 is 0.539 bits per heavy atom. The van der Waals surface area contributed by atoms with Crippen LogP contribution < -0.4 is 41.5 Å². The fourth-order valence-electron chi connectivity index (χ4n) is 12.7. The summed E-state index contributed by atoms with van der Waals surface area (Å²) in [5, 5.41) is 10.5. The first-order valence-electron chi connectivity index (χ1n) is 26.0. The van der Waals surface area contributed by atoms with Crippen molar-refractivity contribution in [2.24, 2.45) is 0 Å². The van der Waals surface area contributed by atoms with Gasteiger partial charge in [0.25, 0.3) is 0 Å². The van der Waals surface area contributed by atoms with Crippen LogP contribution in [-0.2, 0) is 0 Å². The first-order valence-corrected chi connectivity index (χ1v) is 30.0. The van der Waals surface area contributed by atoms with E-state index in [1.54, 1.807) is 0 Å². The Kier molecular flexibility index (Phi) is 10.1. The molecule has 0 aliphatic heterocycles. The average molecular weight is 1010 g/mol. The average Bonchev–Trinajstić information content (AvgIpc) is 4.33. The van der Waals surface area contributed by atoms with Gasteiger partial charge in [-0.25, -0.2) is 9.97 Å². The highest BCUT2D eigenvalue weighted by Crippen LogP contribution is 2.31. The molecule has 0 unspecified atom stereocenters. The van der Waals surface area contributed by atoms with Crippen LogP contribution in [0.4, 0.5) is 0 Å². The molecule has 0 N–H and O–H groups in total. The Balaban J connectivity index is 0.996. The van der Waals surface area contributed by atoms with Crippen LogP contribution in [0.2, 0.25) is 0 Å². The first-order chi connectivity index (χ1) is 37.7. The molecule has 11 aromatic carbocycles. The minimum atomic E-state index is -3.09. The zero-order valence-electron chi connectivity index (χ0n) is 41.4. The van der Waals surface area contributed by atoms with Crippen LogP contribution in [0.1, 0.15) is 0 Å². The van der Waals surface area contributed by atoms with Crippen LogP contribution in [0.25, 0.3) is 67.1 Å². The quantitative estimate of drug-likeness (QED) is 0.101. The van der Waals surface area contributed by atoms with Gasteiger partial charge in [0.15, 0.2) is 16.1 Å². The van der Waals surface area contributed by atoms with E-state index in [1.807, 2.05) is 0 Å². The fraction of sp³-hybridized carbons (Fsp3) is 0. The molecule has 0 aliphatic carbocycles. The molecule has 358 valence electrons. The number of nitrogens with zero attached hydrogens (tertiary/aromatic N) is 6. The highest BCUT2D eigenvalue weighted by molar-refractivity contribution is 7.21. The van der Waals surface area contributed by atoms with Crippen molar-refractivity contribution in [2.45, 2.75) is 0 Å². The molecule has 4 heterocycles. The van der Waals surface area contributed by atoms with E-state index in [9.17, 15) is 0 Å². The second kappa shape index (κ2) is 17.5. The first kappa shape index (κ1) is 43.9. The van der Waals surface area contributed by atoms with E-state index in [0.29, 0.717) is 0 Å². The largest absolute Gasteiger partial charge is 0.278 e. The van der Waals surface area contributed by atoms with Crippen molar-refractivity contribution in [3.8, 4) is 11.4 Å². The van der Waals surface area contributed by atoms with E-state index in [0.717, 1.165) is 67.1 Å². The van der Waals surface area contributed by atoms with Crippen molar-refractivity contribution in [1.29, 1.82) is 0 Å². The highest BCUT2D eigenvalue weighted by atomic mass is 28.3. The predicted octanol–water partition coefficient (Wildman–Crippen LogP) is 9.93. The SMILES string of the molecule is c1ccc(-n2c3ccccc3n3c4cc([Si](c5ccccc5)(c5ccccc5)c5ccc([Si](c6ccccc6)(c6ccccc6)c6ccc7c(c6)n6c8ccccc8nc6n7-c6ccccc6)cc5)ccc4nc23)cc1. The zero-order chi connectivity index (χ0) is 50.2. The lowest BCUT2D eigenvalue weighted by Gasteiger charge is -2.37. The molecule has 0 radical (unpaired) electrons. The lowest BCUT2D eigenvalue weighted by atomic mass is 10.2. The van der Waals surface area contributed by atoms with E-state index in [1.165, 1.54) is 41.5 Å². The number of para-hydroxylation sites is 6. The Hall–Kier alpha value is -9.61. The third kappa shape index (κ3) is 6.44. The van der Waals surface area contributed by atoms with Gasteiger partial charge in [0.05, 0.1) is 44.1 Å². The van der Waals surface area contributed by atoms with Gasteiger partial charge in [-0.1, -0.05) is 218 Å². The smallest absolute Gasteiger partial charge is 0.220 e. The number of fused-ring (bicyclic) bond motifs is 10. The number of aromatic nitrogens is 6. The second-order valence-corrected chi connectivity index (χ2v) is 27.4. The Bertz CT molecular complexity index is 4530. The molecule has 0 amide bonds. The summed E-state index contributed by atoms with van der Waals surface area (Å²) in [4.78, 5) is 10.7. The van der Waals surface area contributed by atoms with E-state index < -0.39 is 16.1 Å². The standard InChI is InChI=1S/C68H48N6Si2/c1-7-23-49(24-8-1)71-62-37-21-22-38-63(62)74-65-47-57(43-45-60(65)70-68(71)74)75(51-27-11-3-12-28-51,52-29-13-4-14-30-52)55-39-41-56(42-40-55)76(53-31-15-5-16-32-53,54-33-17-6-18-34-54)58-44-46-64-66(48-58)73-61-36-20-19-35-59(61)69-67(73)72(64)50-25-9-2-10-26-50/h1-48H. The molecule has 76 heavy (non-hydrogen) atoms. The summed E-state index contributed by atoms with van der Waals surface area (Å²) in [6.07, 6.45) is 0. The van der Waals surface area contributed by atoms with E-state index >= 15 is 0 Å². The van der Waals surface area contributed by atoms with Gasteiger partial charge in [-0.05, 0) is 114 Å². The van der Waals surface area contributed by atoms with Crippen LogP contribution in [-0.4, -0.2) is 44.1 Å². The highest BCUT2D eigenvalue weighted by Gasteiger charge is 2.45. The van der Waals surface area contributed by atoms with Gasteiger partial charge in [0, 0.05) is 11.4 Å². The topological polar surface area (TPSA) is 44.5 Å². The molecule has 0 saturated carbocycles. The molecule has 6 nitrogen and oxygen atoms in total. The van der Waals surface area contributed by atoms with Gasteiger partial charge in [-0.2, -0.15) is 0 Å². The monoisotopic (exact) mass is 1000 g/mol. The third-order valence-electron chi connectivity index (χ3n) is 15.9. The molecular formula is C68H48N6Si2. The number of hydrogen-bond acceptors (Lipinski definition) is 2. The van der Waals surface area contributed by atoms with Gasteiger partial charge < -0.3 is 0 Å². The van der Waals surface area contributed by atoms with Gasteiger partial charge in [-0.15, -0.1) is 0 Å². The molecule has 0 atom stereocenters. The van der Waals surface area contributed by atoms with Gasteiger partial charge in [0.2, 0.25) is 11.6 Å². The van der Waals surface area contributed by atoms with Crippen LogP contribution in [0.3, 0.4) is 0 Å². The molecule has 4 aromatic heterocycles. The molecular weight excluding hydrogens is 957 g/mol. The normalized spacial score (nSPS) is 12.2. The number of rotatable bonds is 10. The maximum Gasteiger partial charge on any atom is 0.220 e. The summed E-state index contributed by atoms with van der Waals surface area (Å²) in [6.45, 7) is 0. The summed E-state index contributed by atoms with van der Waals surface area (Å²) < 4.78 is 9.33. The summed E-state index contributed by atoms with van der Waals surface area (Å²) in [6, 6.07) is 108. The van der Waals surface area contributed by atoms with Gasteiger partial charge >= 0.3 is 0 Å². The minimum Gasteiger partial charge on any atom is -0.278 e.